The quantitative estimate of drug-likeness (QED) is 0.862. The smallest absolute Gasteiger partial charge is 0.133 e. The van der Waals surface area contributed by atoms with Crippen molar-refractivity contribution in [3.63, 3.8) is 0 Å². The molecule has 0 radical (unpaired) electrons. The molecule has 0 spiro atoms. The number of rotatable bonds is 3. The Kier molecular flexibility index (Phi) is 2.51. The minimum Gasteiger partial charge on any atom is -0.364 e. The molecule has 5 nitrogen and oxygen atoms in total. The van der Waals surface area contributed by atoms with E-state index in [1.165, 1.54) is 17.7 Å². The molecule has 2 heterocycles. The van der Waals surface area contributed by atoms with Crippen LogP contribution in [0.1, 0.15) is 23.4 Å². The lowest BCUT2D eigenvalue weighted by molar-refractivity contribution is 0.746. The second-order valence-corrected chi connectivity index (χ2v) is 4.34. The Hall–Kier alpha value is -1.91. The highest BCUT2D eigenvalue weighted by atomic mass is 15.3. The fraction of sp³-hybridized carbons (Fsp3) is 0.417. The third-order valence-electron chi connectivity index (χ3n) is 3.08. The van der Waals surface area contributed by atoms with Gasteiger partial charge in [-0.1, -0.05) is 0 Å². The second kappa shape index (κ2) is 4.16. The second-order valence-electron chi connectivity index (χ2n) is 4.34. The molecule has 0 bridgehead atoms. The zero-order chi connectivity index (χ0) is 11.7. The summed E-state index contributed by atoms with van der Waals surface area (Å²) in [5.41, 5.74) is 3.50. The zero-order valence-corrected chi connectivity index (χ0v) is 9.85. The highest BCUT2D eigenvalue weighted by Gasteiger charge is 2.16. The lowest BCUT2D eigenvalue weighted by Crippen LogP contribution is -2.06. The van der Waals surface area contributed by atoms with Crippen molar-refractivity contribution in [1.29, 1.82) is 0 Å². The summed E-state index contributed by atoms with van der Waals surface area (Å²) < 4.78 is 1.81. The van der Waals surface area contributed by atoms with Crippen molar-refractivity contribution in [3.05, 3.63) is 35.5 Å². The molecule has 5 heteroatoms. The largest absolute Gasteiger partial charge is 0.364 e. The number of hydrogen-bond donors (Lipinski definition) is 1. The van der Waals surface area contributed by atoms with Crippen LogP contribution in [0.25, 0.3) is 0 Å². The van der Waals surface area contributed by atoms with Gasteiger partial charge >= 0.3 is 0 Å². The summed E-state index contributed by atoms with van der Waals surface area (Å²) in [6.07, 6.45) is 6.94. The minimum atomic E-state index is 0.713. The van der Waals surface area contributed by atoms with Crippen molar-refractivity contribution >= 4 is 5.82 Å². The molecule has 3 rings (SSSR count). The van der Waals surface area contributed by atoms with Gasteiger partial charge < -0.3 is 5.32 Å². The SMILES string of the molecule is Cn1ccc(CNc2ncnc3c2CCC3)n1. The van der Waals surface area contributed by atoms with Crippen LogP contribution in [-0.4, -0.2) is 19.7 Å². The molecule has 2 aromatic heterocycles. The van der Waals surface area contributed by atoms with Crippen molar-refractivity contribution < 1.29 is 0 Å². The van der Waals surface area contributed by atoms with E-state index in [-0.39, 0.29) is 0 Å². The summed E-state index contributed by atoms with van der Waals surface area (Å²) in [6, 6.07) is 2.01. The molecule has 1 N–H and O–H groups in total. The third kappa shape index (κ3) is 2.00. The highest BCUT2D eigenvalue weighted by molar-refractivity contribution is 5.48. The Bertz CT molecular complexity index is 531. The average molecular weight is 229 g/mol. The number of fused-ring (bicyclic) bond motifs is 1. The first-order valence-corrected chi connectivity index (χ1v) is 5.88. The van der Waals surface area contributed by atoms with Gasteiger partial charge in [-0.2, -0.15) is 5.10 Å². The molecule has 0 saturated heterocycles. The van der Waals surface area contributed by atoms with Crippen LogP contribution in [0.15, 0.2) is 18.6 Å². The highest BCUT2D eigenvalue weighted by Crippen LogP contribution is 2.25. The minimum absolute atomic E-state index is 0.713. The molecule has 0 unspecified atom stereocenters. The first-order chi connectivity index (χ1) is 8.33. The first kappa shape index (κ1) is 10.3. The van der Waals surface area contributed by atoms with E-state index in [1.807, 2.05) is 19.3 Å². The van der Waals surface area contributed by atoms with Crippen LogP contribution in [0.5, 0.6) is 0 Å². The van der Waals surface area contributed by atoms with Gasteiger partial charge in [0.1, 0.15) is 12.1 Å². The van der Waals surface area contributed by atoms with Gasteiger partial charge in [0, 0.05) is 24.5 Å². The lowest BCUT2D eigenvalue weighted by Gasteiger charge is -2.07. The Labute approximate surface area is 99.9 Å². The third-order valence-corrected chi connectivity index (χ3v) is 3.08. The van der Waals surface area contributed by atoms with Crippen molar-refractivity contribution in [2.45, 2.75) is 25.8 Å². The number of aromatic nitrogens is 4. The number of hydrogen-bond acceptors (Lipinski definition) is 4. The van der Waals surface area contributed by atoms with E-state index in [9.17, 15) is 0 Å². The van der Waals surface area contributed by atoms with Gasteiger partial charge in [0.05, 0.1) is 12.2 Å². The Morgan fingerprint density at radius 3 is 3.12 bits per heavy atom. The molecule has 0 amide bonds. The van der Waals surface area contributed by atoms with E-state index < -0.39 is 0 Å². The average Bonchev–Trinajstić information content (AvgIpc) is 2.94. The fourth-order valence-electron chi connectivity index (χ4n) is 2.24. The normalized spacial score (nSPS) is 13.7. The molecule has 0 aliphatic heterocycles. The molecular formula is C12H15N5. The Morgan fingerprint density at radius 2 is 2.29 bits per heavy atom. The monoisotopic (exact) mass is 229 g/mol. The number of nitrogens with one attached hydrogen (secondary N) is 1. The molecule has 17 heavy (non-hydrogen) atoms. The topological polar surface area (TPSA) is 55.6 Å². The molecule has 0 fully saturated rings. The van der Waals surface area contributed by atoms with E-state index in [0.29, 0.717) is 6.54 Å². The van der Waals surface area contributed by atoms with Crippen LogP contribution >= 0.6 is 0 Å². The van der Waals surface area contributed by atoms with Crippen LogP contribution in [0, 0.1) is 0 Å². The van der Waals surface area contributed by atoms with E-state index in [0.717, 1.165) is 24.4 Å². The molecule has 0 saturated carbocycles. The standard InChI is InChI=1S/C12H15N5/c1-17-6-5-9(16-17)7-13-12-10-3-2-4-11(10)14-8-15-12/h5-6,8H,2-4,7H2,1H3,(H,13,14,15). The predicted octanol–water partition coefficient (Wildman–Crippen LogP) is 1.31. The van der Waals surface area contributed by atoms with Gasteiger partial charge in [0.15, 0.2) is 0 Å². The van der Waals surface area contributed by atoms with Gasteiger partial charge in [-0.15, -0.1) is 0 Å². The Balaban J connectivity index is 1.75. The van der Waals surface area contributed by atoms with Crippen LogP contribution < -0.4 is 5.32 Å². The first-order valence-electron chi connectivity index (χ1n) is 5.88. The van der Waals surface area contributed by atoms with Crippen molar-refractivity contribution in [2.24, 2.45) is 7.05 Å². The fourth-order valence-corrected chi connectivity index (χ4v) is 2.24. The molecule has 1 aliphatic carbocycles. The maximum absolute atomic E-state index is 4.33. The molecule has 0 aromatic carbocycles. The van der Waals surface area contributed by atoms with Crippen LogP contribution in [0.2, 0.25) is 0 Å². The van der Waals surface area contributed by atoms with E-state index in [1.54, 1.807) is 11.0 Å². The molecule has 88 valence electrons. The van der Waals surface area contributed by atoms with E-state index in [4.69, 9.17) is 0 Å². The predicted molar refractivity (Wildman–Crippen MR) is 64.6 cm³/mol. The van der Waals surface area contributed by atoms with Gasteiger partial charge in [0.25, 0.3) is 0 Å². The summed E-state index contributed by atoms with van der Waals surface area (Å²) in [7, 11) is 1.92. The summed E-state index contributed by atoms with van der Waals surface area (Å²) in [6.45, 7) is 0.713. The zero-order valence-electron chi connectivity index (χ0n) is 9.85. The Morgan fingerprint density at radius 1 is 1.35 bits per heavy atom. The van der Waals surface area contributed by atoms with Crippen LogP contribution in [0.3, 0.4) is 0 Å². The maximum atomic E-state index is 4.33. The van der Waals surface area contributed by atoms with E-state index in [2.05, 4.69) is 20.4 Å². The lowest BCUT2D eigenvalue weighted by atomic mass is 10.2. The van der Waals surface area contributed by atoms with Crippen molar-refractivity contribution in [3.8, 4) is 0 Å². The summed E-state index contributed by atoms with van der Waals surface area (Å²) >= 11 is 0. The molecule has 1 aliphatic rings. The van der Waals surface area contributed by atoms with Gasteiger partial charge in [-0.25, -0.2) is 9.97 Å². The number of anilines is 1. The number of nitrogens with zero attached hydrogens (tertiary/aromatic N) is 4. The number of aryl methyl sites for hydroxylation is 2. The maximum Gasteiger partial charge on any atom is 0.133 e. The van der Waals surface area contributed by atoms with Crippen LogP contribution in [0.4, 0.5) is 5.82 Å². The summed E-state index contributed by atoms with van der Waals surface area (Å²) in [4.78, 5) is 8.62. The van der Waals surface area contributed by atoms with E-state index >= 15 is 0 Å². The van der Waals surface area contributed by atoms with Crippen molar-refractivity contribution in [2.75, 3.05) is 5.32 Å². The van der Waals surface area contributed by atoms with Gasteiger partial charge in [0.2, 0.25) is 0 Å². The summed E-state index contributed by atoms with van der Waals surface area (Å²) in [5, 5.41) is 7.68. The van der Waals surface area contributed by atoms with Gasteiger partial charge in [-0.05, 0) is 25.3 Å². The summed E-state index contributed by atoms with van der Waals surface area (Å²) in [5.74, 6) is 0.971. The van der Waals surface area contributed by atoms with Gasteiger partial charge in [-0.3, -0.25) is 4.68 Å². The van der Waals surface area contributed by atoms with Crippen molar-refractivity contribution in [1.82, 2.24) is 19.7 Å². The molecule has 2 aromatic rings. The molecular weight excluding hydrogens is 214 g/mol. The molecule has 0 atom stereocenters. The van der Waals surface area contributed by atoms with Crippen LogP contribution in [-0.2, 0) is 26.4 Å².